The molecule has 1 aromatic rings. The summed E-state index contributed by atoms with van der Waals surface area (Å²) in [6.07, 6.45) is -0.201. The van der Waals surface area contributed by atoms with Gasteiger partial charge in [0.25, 0.3) is 5.91 Å². The molecule has 3 aliphatic rings. The third kappa shape index (κ3) is 1.13. The summed E-state index contributed by atoms with van der Waals surface area (Å²) in [7, 11) is 0. The quantitative estimate of drug-likeness (QED) is 0.839. The monoisotopic (exact) mass is 294 g/mol. The fourth-order valence-electron chi connectivity index (χ4n) is 4.01. The Balaban J connectivity index is 1.93. The zero-order valence-corrected chi connectivity index (χ0v) is 12.0. The number of ether oxygens (including phenoxy) is 2. The molecule has 5 atom stereocenters. The van der Waals surface area contributed by atoms with E-state index in [1.807, 2.05) is 37.3 Å². The van der Waals surface area contributed by atoms with Crippen molar-refractivity contribution in [1.82, 2.24) is 0 Å². The normalized spacial score (nSPS) is 45.0. The zero-order valence-electron chi connectivity index (χ0n) is 12.0. The van der Waals surface area contributed by atoms with Gasteiger partial charge >= 0.3 is 0 Å². The SMILES string of the molecule is C[C@@H]1CO[C@]2(N=C(N)[C@]3(C#N)[C@H](c4ccccc4)[C@@]23C#N)O1. The Kier molecular flexibility index (Phi) is 2.33. The predicted octanol–water partition coefficient (Wildman–Crippen LogP) is 1.26. The molecular weight excluding hydrogens is 280 g/mol. The molecule has 4 rings (SSSR count). The largest absolute Gasteiger partial charge is 0.386 e. The molecule has 1 saturated heterocycles. The Labute approximate surface area is 127 Å². The Hall–Kier alpha value is -2.41. The highest BCUT2D eigenvalue weighted by atomic mass is 16.8. The Morgan fingerprint density at radius 2 is 2.00 bits per heavy atom. The van der Waals surface area contributed by atoms with Crippen molar-refractivity contribution in [2.45, 2.75) is 24.9 Å². The van der Waals surface area contributed by atoms with Crippen LogP contribution in [0.25, 0.3) is 0 Å². The van der Waals surface area contributed by atoms with Crippen LogP contribution in [0.5, 0.6) is 0 Å². The Morgan fingerprint density at radius 1 is 1.27 bits per heavy atom. The van der Waals surface area contributed by atoms with Crippen molar-refractivity contribution in [2.24, 2.45) is 21.6 Å². The summed E-state index contributed by atoms with van der Waals surface area (Å²) < 4.78 is 11.6. The van der Waals surface area contributed by atoms with Crippen LogP contribution in [0.2, 0.25) is 0 Å². The second-order valence-electron chi connectivity index (χ2n) is 6.00. The second kappa shape index (κ2) is 3.86. The van der Waals surface area contributed by atoms with Gasteiger partial charge in [-0.2, -0.15) is 10.5 Å². The van der Waals surface area contributed by atoms with Crippen molar-refractivity contribution in [1.29, 1.82) is 10.5 Å². The average Bonchev–Trinajstić information content (AvgIpc) is 2.93. The third-order valence-corrected chi connectivity index (χ3v) is 4.93. The lowest BCUT2D eigenvalue weighted by molar-refractivity contribution is -0.193. The number of benzene rings is 1. The zero-order chi connectivity index (χ0) is 15.6. The van der Waals surface area contributed by atoms with E-state index in [1.54, 1.807) is 0 Å². The summed E-state index contributed by atoms with van der Waals surface area (Å²) in [4.78, 5) is 4.27. The van der Waals surface area contributed by atoms with Crippen molar-refractivity contribution in [3.05, 3.63) is 35.9 Å². The van der Waals surface area contributed by atoms with Crippen LogP contribution in [0.3, 0.4) is 0 Å². The van der Waals surface area contributed by atoms with E-state index in [1.165, 1.54) is 0 Å². The highest BCUT2D eigenvalue weighted by Crippen LogP contribution is 2.82. The minimum absolute atomic E-state index is 0.125. The van der Waals surface area contributed by atoms with Crippen LogP contribution in [-0.2, 0) is 9.47 Å². The van der Waals surface area contributed by atoms with Crippen molar-refractivity contribution < 1.29 is 9.47 Å². The average molecular weight is 294 g/mol. The van der Waals surface area contributed by atoms with Crippen molar-refractivity contribution in [3.8, 4) is 12.1 Å². The molecule has 0 amide bonds. The van der Waals surface area contributed by atoms with E-state index < -0.39 is 22.7 Å². The summed E-state index contributed by atoms with van der Waals surface area (Å²) in [5, 5.41) is 19.7. The molecule has 1 spiro atoms. The van der Waals surface area contributed by atoms with Crippen molar-refractivity contribution in [2.75, 3.05) is 6.61 Å². The third-order valence-electron chi connectivity index (χ3n) is 4.93. The highest BCUT2D eigenvalue weighted by Gasteiger charge is 2.94. The van der Waals surface area contributed by atoms with Gasteiger partial charge in [-0.1, -0.05) is 30.3 Å². The van der Waals surface area contributed by atoms with Gasteiger partial charge in [0.05, 0.1) is 24.8 Å². The van der Waals surface area contributed by atoms with Gasteiger partial charge in [0.15, 0.2) is 5.41 Å². The summed E-state index contributed by atoms with van der Waals surface area (Å²) >= 11 is 0. The Morgan fingerprint density at radius 3 is 2.55 bits per heavy atom. The number of hydrogen-bond donors (Lipinski definition) is 1. The molecule has 110 valence electrons. The number of nitriles is 2. The van der Waals surface area contributed by atoms with Gasteiger partial charge in [-0.15, -0.1) is 0 Å². The molecule has 2 heterocycles. The second-order valence-corrected chi connectivity index (χ2v) is 6.00. The standard InChI is InChI=1S/C16H14N4O2/c1-10-7-21-16(22-10)15(9-18)12(11-5-3-2-4-6-11)14(15,8-17)13(19)20-16/h2-6,10,12H,7H2,1H3,(H2,19,20)/t10-,12+,14+,15-,16+/m1/s1. The van der Waals surface area contributed by atoms with Gasteiger partial charge < -0.3 is 15.2 Å². The fraction of sp³-hybridized carbons (Fsp3) is 0.438. The maximum Gasteiger partial charge on any atom is 0.293 e. The topological polar surface area (TPSA) is 104 Å². The highest BCUT2D eigenvalue weighted by molar-refractivity contribution is 6.00. The predicted molar refractivity (Wildman–Crippen MR) is 76.1 cm³/mol. The first-order valence-corrected chi connectivity index (χ1v) is 7.13. The first-order chi connectivity index (χ1) is 10.6. The number of hydrogen-bond acceptors (Lipinski definition) is 6. The summed E-state index contributed by atoms with van der Waals surface area (Å²) in [6.45, 7) is 2.17. The van der Waals surface area contributed by atoms with E-state index in [9.17, 15) is 10.5 Å². The van der Waals surface area contributed by atoms with E-state index in [0.717, 1.165) is 5.56 Å². The number of amidine groups is 1. The lowest BCUT2D eigenvalue weighted by Gasteiger charge is -2.26. The molecule has 22 heavy (non-hydrogen) atoms. The number of nitrogens with two attached hydrogens (primary N) is 1. The van der Waals surface area contributed by atoms with Crippen molar-refractivity contribution in [3.63, 3.8) is 0 Å². The van der Waals surface area contributed by atoms with Gasteiger partial charge in [-0.05, 0) is 12.5 Å². The number of aliphatic imine (C=N–C) groups is 1. The van der Waals surface area contributed by atoms with Crippen LogP contribution in [0.15, 0.2) is 35.3 Å². The van der Waals surface area contributed by atoms with Crippen molar-refractivity contribution >= 4 is 5.84 Å². The molecule has 6 nitrogen and oxygen atoms in total. The molecule has 6 heteroatoms. The number of rotatable bonds is 1. The van der Waals surface area contributed by atoms with E-state index in [-0.39, 0.29) is 11.9 Å². The number of fused-ring (bicyclic) bond motifs is 2. The maximum absolute atomic E-state index is 9.93. The smallest absolute Gasteiger partial charge is 0.293 e. The number of nitrogens with zero attached hydrogens (tertiary/aromatic N) is 3. The van der Waals surface area contributed by atoms with Gasteiger partial charge in [-0.25, -0.2) is 4.99 Å². The van der Waals surface area contributed by atoms with Crippen LogP contribution in [-0.4, -0.2) is 24.5 Å². The lowest BCUT2D eigenvalue weighted by Crippen LogP contribution is -2.39. The van der Waals surface area contributed by atoms with Crippen LogP contribution < -0.4 is 5.73 Å². The van der Waals surface area contributed by atoms with Gasteiger partial charge in [0.2, 0.25) is 0 Å². The molecule has 1 aromatic carbocycles. The van der Waals surface area contributed by atoms with E-state index in [4.69, 9.17) is 15.2 Å². The first kappa shape index (κ1) is 13.3. The molecule has 0 aromatic heterocycles. The maximum atomic E-state index is 9.93. The van der Waals surface area contributed by atoms with Gasteiger partial charge in [-0.3, -0.25) is 0 Å². The van der Waals surface area contributed by atoms with Crippen LogP contribution in [0.4, 0.5) is 0 Å². The fourth-order valence-corrected chi connectivity index (χ4v) is 4.01. The van der Waals surface area contributed by atoms with E-state index in [0.29, 0.717) is 6.61 Å². The van der Waals surface area contributed by atoms with Gasteiger partial charge in [0, 0.05) is 5.92 Å². The van der Waals surface area contributed by atoms with Crippen LogP contribution in [0, 0.1) is 33.5 Å². The van der Waals surface area contributed by atoms with Crippen LogP contribution >= 0.6 is 0 Å². The molecule has 0 radical (unpaired) electrons. The molecule has 0 bridgehead atoms. The first-order valence-electron chi connectivity index (χ1n) is 7.13. The van der Waals surface area contributed by atoms with Gasteiger partial charge in [0.1, 0.15) is 11.3 Å². The van der Waals surface area contributed by atoms with E-state index in [2.05, 4.69) is 17.1 Å². The summed E-state index contributed by atoms with van der Waals surface area (Å²) in [6, 6.07) is 13.9. The molecule has 2 aliphatic heterocycles. The van der Waals surface area contributed by atoms with E-state index >= 15 is 0 Å². The molecule has 2 fully saturated rings. The molecule has 0 unspecified atom stereocenters. The lowest BCUT2D eigenvalue weighted by atomic mass is 9.94. The molecule has 2 N–H and O–H groups in total. The Bertz CT molecular complexity index is 765. The minimum atomic E-state index is -1.47. The summed E-state index contributed by atoms with van der Waals surface area (Å²) in [5.74, 6) is -1.75. The molecule has 1 aliphatic carbocycles. The minimum Gasteiger partial charge on any atom is -0.386 e. The molecular formula is C16H14N4O2. The van der Waals surface area contributed by atoms with Crippen LogP contribution in [0.1, 0.15) is 18.4 Å². The molecule has 1 saturated carbocycles. The summed E-state index contributed by atoms with van der Waals surface area (Å²) in [5.41, 5.74) is 4.52.